The van der Waals surface area contributed by atoms with Crippen LogP contribution >= 0.6 is 0 Å². The molecule has 5 heteroatoms. The molecule has 0 fully saturated rings. The van der Waals surface area contributed by atoms with Crippen LogP contribution in [0, 0.1) is 6.92 Å². The molecule has 2 amide bonds. The Kier molecular flexibility index (Phi) is 3.87. The molecule has 0 saturated heterocycles. The molecule has 0 spiro atoms. The van der Waals surface area contributed by atoms with Crippen LogP contribution in [0.15, 0.2) is 65.5 Å². The fourth-order valence-corrected chi connectivity index (χ4v) is 2.09. The molecule has 0 unspecified atom stereocenters. The molecule has 1 aromatic heterocycles. The van der Waals surface area contributed by atoms with Gasteiger partial charge in [-0.15, -0.1) is 0 Å². The minimum Gasteiger partial charge on any atom is -0.444 e. The Hall–Kier alpha value is -3.08. The predicted octanol–water partition coefficient (Wildman–Crippen LogP) is 4.29. The third kappa shape index (κ3) is 3.32. The summed E-state index contributed by atoms with van der Waals surface area (Å²) in [4.78, 5) is 15.8. The molecule has 0 atom stereocenters. The van der Waals surface area contributed by atoms with Gasteiger partial charge in [0.05, 0.1) is 6.20 Å². The van der Waals surface area contributed by atoms with E-state index in [2.05, 4.69) is 15.6 Å². The van der Waals surface area contributed by atoms with E-state index in [1.54, 1.807) is 6.20 Å². The molecule has 5 nitrogen and oxygen atoms in total. The van der Waals surface area contributed by atoms with Gasteiger partial charge in [-0.1, -0.05) is 12.1 Å². The number of nitrogens with zero attached hydrogens (tertiary/aromatic N) is 1. The molecule has 3 rings (SSSR count). The molecule has 22 heavy (non-hydrogen) atoms. The smallest absolute Gasteiger partial charge is 0.323 e. The molecule has 0 aliphatic carbocycles. The van der Waals surface area contributed by atoms with Gasteiger partial charge in [0.15, 0.2) is 12.2 Å². The van der Waals surface area contributed by atoms with Crippen molar-refractivity contribution >= 4 is 17.4 Å². The zero-order chi connectivity index (χ0) is 15.4. The highest BCUT2D eigenvalue weighted by atomic mass is 16.3. The first-order valence-corrected chi connectivity index (χ1v) is 6.84. The summed E-state index contributed by atoms with van der Waals surface area (Å²) < 4.78 is 5.22. The highest BCUT2D eigenvalue weighted by molar-refractivity contribution is 5.99. The van der Waals surface area contributed by atoms with Crippen molar-refractivity contribution in [3.05, 3.63) is 66.7 Å². The third-order valence-corrected chi connectivity index (χ3v) is 3.14. The number of amides is 2. The van der Waals surface area contributed by atoms with Crippen molar-refractivity contribution in [1.82, 2.24) is 4.98 Å². The van der Waals surface area contributed by atoms with Crippen molar-refractivity contribution in [3.63, 3.8) is 0 Å². The van der Waals surface area contributed by atoms with E-state index in [9.17, 15) is 4.79 Å². The van der Waals surface area contributed by atoms with Gasteiger partial charge in [-0.3, -0.25) is 0 Å². The van der Waals surface area contributed by atoms with Crippen molar-refractivity contribution in [3.8, 4) is 11.3 Å². The second-order valence-electron chi connectivity index (χ2n) is 4.89. The lowest BCUT2D eigenvalue weighted by Gasteiger charge is -2.08. The molecular weight excluding hydrogens is 278 g/mol. The fraction of sp³-hybridized carbons (Fsp3) is 0.0588. The maximum absolute atomic E-state index is 12.0. The largest absolute Gasteiger partial charge is 0.444 e. The number of anilines is 2. The Labute approximate surface area is 128 Å². The van der Waals surface area contributed by atoms with Crippen LogP contribution in [0.3, 0.4) is 0 Å². The molecular formula is C17H15N3O2. The lowest BCUT2D eigenvalue weighted by molar-refractivity contribution is 0.262. The maximum Gasteiger partial charge on any atom is 0.323 e. The minimum atomic E-state index is -0.280. The fourth-order valence-electron chi connectivity index (χ4n) is 2.09. The van der Waals surface area contributed by atoms with E-state index in [1.165, 1.54) is 6.39 Å². The van der Waals surface area contributed by atoms with Crippen molar-refractivity contribution in [2.24, 2.45) is 0 Å². The summed E-state index contributed by atoms with van der Waals surface area (Å²) in [5, 5.41) is 5.58. The summed E-state index contributed by atoms with van der Waals surface area (Å²) in [7, 11) is 0. The SMILES string of the molecule is Cc1cccc(NC(=O)Nc2ccc(-c3cnco3)cc2)c1. The average Bonchev–Trinajstić information content (AvgIpc) is 3.02. The van der Waals surface area contributed by atoms with Crippen molar-refractivity contribution < 1.29 is 9.21 Å². The molecule has 2 N–H and O–H groups in total. The van der Waals surface area contributed by atoms with E-state index in [1.807, 2.05) is 55.5 Å². The van der Waals surface area contributed by atoms with Crippen LogP contribution in [0.2, 0.25) is 0 Å². The normalized spacial score (nSPS) is 10.2. The lowest BCUT2D eigenvalue weighted by atomic mass is 10.2. The maximum atomic E-state index is 12.0. The van der Waals surface area contributed by atoms with Crippen LogP contribution in [0.5, 0.6) is 0 Å². The summed E-state index contributed by atoms with van der Waals surface area (Å²) in [6, 6.07) is 14.7. The van der Waals surface area contributed by atoms with E-state index >= 15 is 0 Å². The molecule has 1 heterocycles. The van der Waals surface area contributed by atoms with Gasteiger partial charge in [0.25, 0.3) is 0 Å². The summed E-state index contributed by atoms with van der Waals surface area (Å²) >= 11 is 0. The predicted molar refractivity (Wildman–Crippen MR) is 85.8 cm³/mol. The van der Waals surface area contributed by atoms with E-state index in [0.717, 1.165) is 16.8 Å². The number of aromatic nitrogens is 1. The Balaban J connectivity index is 1.64. The van der Waals surface area contributed by atoms with Crippen LogP contribution in [-0.4, -0.2) is 11.0 Å². The number of rotatable bonds is 3. The average molecular weight is 293 g/mol. The topological polar surface area (TPSA) is 67.2 Å². The van der Waals surface area contributed by atoms with E-state index < -0.39 is 0 Å². The zero-order valence-corrected chi connectivity index (χ0v) is 12.0. The van der Waals surface area contributed by atoms with Gasteiger partial charge in [0.1, 0.15) is 0 Å². The number of urea groups is 1. The Morgan fingerprint density at radius 1 is 1.05 bits per heavy atom. The third-order valence-electron chi connectivity index (χ3n) is 3.14. The van der Waals surface area contributed by atoms with E-state index in [0.29, 0.717) is 11.4 Å². The molecule has 110 valence electrons. The van der Waals surface area contributed by atoms with Crippen LogP contribution in [0.4, 0.5) is 16.2 Å². The van der Waals surface area contributed by atoms with E-state index in [4.69, 9.17) is 4.42 Å². The number of aryl methyl sites for hydroxylation is 1. The zero-order valence-electron chi connectivity index (χ0n) is 12.0. The monoisotopic (exact) mass is 293 g/mol. The first kappa shape index (κ1) is 13.9. The number of hydrogen-bond acceptors (Lipinski definition) is 3. The summed E-state index contributed by atoms with van der Waals surface area (Å²) in [5.41, 5.74) is 3.46. The molecule has 0 bridgehead atoms. The Bertz CT molecular complexity index is 765. The first-order valence-electron chi connectivity index (χ1n) is 6.84. The second-order valence-corrected chi connectivity index (χ2v) is 4.89. The number of carbonyl (C=O) groups is 1. The summed E-state index contributed by atoms with van der Waals surface area (Å²) in [6.07, 6.45) is 3.03. The number of carbonyl (C=O) groups excluding carboxylic acids is 1. The number of nitrogens with one attached hydrogen (secondary N) is 2. The van der Waals surface area contributed by atoms with Gasteiger partial charge in [-0.2, -0.15) is 0 Å². The highest BCUT2D eigenvalue weighted by Crippen LogP contribution is 2.20. The van der Waals surface area contributed by atoms with Crippen LogP contribution in [-0.2, 0) is 0 Å². The Morgan fingerprint density at radius 2 is 1.82 bits per heavy atom. The van der Waals surface area contributed by atoms with Crippen LogP contribution in [0.25, 0.3) is 11.3 Å². The molecule has 0 aliphatic heterocycles. The van der Waals surface area contributed by atoms with Gasteiger partial charge in [-0.25, -0.2) is 9.78 Å². The second kappa shape index (κ2) is 6.13. The van der Waals surface area contributed by atoms with Crippen molar-refractivity contribution in [2.75, 3.05) is 10.6 Å². The minimum absolute atomic E-state index is 0.280. The molecule has 0 aliphatic rings. The molecule has 0 radical (unpaired) electrons. The van der Waals surface area contributed by atoms with Gasteiger partial charge >= 0.3 is 6.03 Å². The Morgan fingerprint density at radius 3 is 2.50 bits per heavy atom. The quantitative estimate of drug-likeness (QED) is 0.756. The van der Waals surface area contributed by atoms with Gasteiger partial charge in [0, 0.05) is 16.9 Å². The summed E-state index contributed by atoms with van der Waals surface area (Å²) in [5.74, 6) is 0.691. The molecule has 3 aromatic rings. The number of benzene rings is 2. The highest BCUT2D eigenvalue weighted by Gasteiger charge is 2.04. The standard InChI is InChI=1S/C17H15N3O2/c1-12-3-2-4-15(9-12)20-17(21)19-14-7-5-13(6-8-14)16-10-18-11-22-16/h2-11H,1H3,(H2,19,20,21). The molecule has 0 saturated carbocycles. The van der Waals surface area contributed by atoms with Crippen molar-refractivity contribution in [1.29, 1.82) is 0 Å². The number of oxazole rings is 1. The van der Waals surface area contributed by atoms with Crippen LogP contribution in [0.1, 0.15) is 5.56 Å². The van der Waals surface area contributed by atoms with Gasteiger partial charge in [-0.05, 0) is 48.9 Å². The first-order chi connectivity index (χ1) is 10.7. The van der Waals surface area contributed by atoms with Gasteiger partial charge in [0.2, 0.25) is 0 Å². The number of hydrogen-bond donors (Lipinski definition) is 2. The van der Waals surface area contributed by atoms with Crippen molar-refractivity contribution in [2.45, 2.75) is 6.92 Å². The van der Waals surface area contributed by atoms with Crippen LogP contribution < -0.4 is 10.6 Å². The molecule has 2 aromatic carbocycles. The summed E-state index contributed by atoms with van der Waals surface area (Å²) in [6.45, 7) is 1.98. The van der Waals surface area contributed by atoms with E-state index in [-0.39, 0.29) is 6.03 Å². The van der Waals surface area contributed by atoms with Gasteiger partial charge < -0.3 is 15.1 Å². The lowest BCUT2D eigenvalue weighted by Crippen LogP contribution is -2.19.